The first-order valence-corrected chi connectivity index (χ1v) is 11.7. The van der Waals surface area contributed by atoms with Crippen LogP contribution in [0.2, 0.25) is 0 Å². The molecule has 0 bridgehead atoms. The molecule has 2 aromatic heterocycles. The topological polar surface area (TPSA) is 92.1 Å². The van der Waals surface area contributed by atoms with E-state index in [1.807, 2.05) is 73.8 Å². The Morgan fingerprint density at radius 2 is 1.79 bits per heavy atom. The molecule has 5 rings (SSSR count). The van der Waals surface area contributed by atoms with Gasteiger partial charge in [-0.15, -0.1) is 0 Å². The number of thioether (sulfide) groups is 1. The zero-order valence-corrected chi connectivity index (χ0v) is 19.2. The van der Waals surface area contributed by atoms with Crippen LogP contribution in [0, 0.1) is 6.92 Å². The number of para-hydroxylation sites is 2. The number of benzene rings is 3. The van der Waals surface area contributed by atoms with Crippen LogP contribution in [0.15, 0.2) is 94.0 Å². The number of aryl methyl sites for hydroxylation is 1. The fraction of sp³-hybridized carbons (Fsp3) is 0.0769. The van der Waals surface area contributed by atoms with Crippen molar-refractivity contribution in [3.63, 3.8) is 0 Å². The van der Waals surface area contributed by atoms with E-state index in [9.17, 15) is 9.59 Å². The second kappa shape index (κ2) is 9.36. The number of carbonyl (C=O) groups excluding carboxylic acids is 1. The van der Waals surface area contributed by atoms with E-state index in [2.05, 4.69) is 20.5 Å². The van der Waals surface area contributed by atoms with Gasteiger partial charge in [0, 0.05) is 22.7 Å². The highest BCUT2D eigenvalue weighted by Crippen LogP contribution is 2.21. The fourth-order valence-electron chi connectivity index (χ4n) is 3.67. The largest absolute Gasteiger partial charge is 0.361 e. The van der Waals surface area contributed by atoms with Crippen molar-refractivity contribution in [3.8, 4) is 5.69 Å². The molecule has 0 aliphatic heterocycles. The molecule has 2 heterocycles. The predicted molar refractivity (Wildman–Crippen MR) is 137 cm³/mol. The molecular weight excluding hydrogens is 446 g/mol. The summed E-state index contributed by atoms with van der Waals surface area (Å²) in [5.74, 6) is -0.235. The normalized spacial score (nSPS) is 11.4. The van der Waals surface area contributed by atoms with Crippen molar-refractivity contribution >= 4 is 45.7 Å². The number of carbonyl (C=O) groups is 1. The van der Waals surface area contributed by atoms with E-state index >= 15 is 0 Å². The number of aromatic amines is 1. The molecule has 1 amide bonds. The summed E-state index contributed by atoms with van der Waals surface area (Å²) in [6.07, 6.45) is 3.45. The third kappa shape index (κ3) is 4.35. The standard InChI is InChI=1S/C26H21N5O2S/c1-17-10-12-19(13-11-17)31-25(33)21-7-3-5-9-23(21)29-26(31)34-16-24(32)30-28-15-18-14-27-22-8-4-2-6-20(18)22/h2-15,27H,16H2,1H3,(H,30,32)/b28-15+. The van der Waals surface area contributed by atoms with Crippen LogP contribution < -0.4 is 11.0 Å². The number of hydrazone groups is 1. The van der Waals surface area contributed by atoms with Gasteiger partial charge in [-0.05, 0) is 37.3 Å². The second-order valence-electron chi connectivity index (χ2n) is 7.76. The van der Waals surface area contributed by atoms with Gasteiger partial charge in [-0.1, -0.05) is 59.8 Å². The Bertz CT molecular complexity index is 1580. The Kier molecular flexibility index (Phi) is 5.97. The number of nitrogens with one attached hydrogen (secondary N) is 2. The highest BCUT2D eigenvalue weighted by atomic mass is 32.2. The van der Waals surface area contributed by atoms with Crippen molar-refractivity contribution in [1.29, 1.82) is 0 Å². The number of aromatic nitrogens is 3. The first-order chi connectivity index (χ1) is 16.6. The lowest BCUT2D eigenvalue weighted by atomic mass is 10.2. The maximum absolute atomic E-state index is 13.3. The molecule has 168 valence electrons. The van der Waals surface area contributed by atoms with Crippen molar-refractivity contribution in [2.24, 2.45) is 5.10 Å². The molecule has 0 fully saturated rings. The molecule has 7 nitrogen and oxygen atoms in total. The Balaban J connectivity index is 1.36. The minimum absolute atomic E-state index is 0.0574. The van der Waals surface area contributed by atoms with Gasteiger partial charge < -0.3 is 4.98 Å². The van der Waals surface area contributed by atoms with Crippen LogP contribution >= 0.6 is 11.8 Å². The molecule has 0 atom stereocenters. The zero-order valence-electron chi connectivity index (χ0n) is 18.4. The maximum atomic E-state index is 13.3. The lowest BCUT2D eigenvalue weighted by Gasteiger charge is -2.13. The fourth-order valence-corrected chi connectivity index (χ4v) is 4.47. The molecule has 0 saturated carbocycles. The molecule has 0 unspecified atom stereocenters. The van der Waals surface area contributed by atoms with Crippen molar-refractivity contribution in [3.05, 3.63) is 100 Å². The van der Waals surface area contributed by atoms with Crippen LogP contribution in [0.4, 0.5) is 0 Å². The van der Waals surface area contributed by atoms with Gasteiger partial charge in [-0.2, -0.15) is 5.10 Å². The van der Waals surface area contributed by atoms with E-state index in [0.717, 1.165) is 22.0 Å². The van der Waals surface area contributed by atoms with E-state index in [-0.39, 0.29) is 17.2 Å². The number of H-pyrrole nitrogens is 1. The van der Waals surface area contributed by atoms with Crippen LogP contribution in [-0.4, -0.2) is 32.4 Å². The minimum Gasteiger partial charge on any atom is -0.361 e. The van der Waals surface area contributed by atoms with Gasteiger partial charge in [0.05, 0.1) is 28.6 Å². The summed E-state index contributed by atoms with van der Waals surface area (Å²) in [5, 5.41) is 6.09. The zero-order chi connectivity index (χ0) is 23.5. The van der Waals surface area contributed by atoms with Gasteiger partial charge in [0.2, 0.25) is 0 Å². The summed E-state index contributed by atoms with van der Waals surface area (Å²) in [4.78, 5) is 33.6. The first kappa shape index (κ1) is 21.7. The molecule has 3 aromatic carbocycles. The van der Waals surface area contributed by atoms with E-state index < -0.39 is 0 Å². The maximum Gasteiger partial charge on any atom is 0.266 e. The van der Waals surface area contributed by atoms with E-state index in [4.69, 9.17) is 0 Å². The molecule has 8 heteroatoms. The van der Waals surface area contributed by atoms with Crippen LogP contribution in [0.25, 0.3) is 27.5 Å². The first-order valence-electron chi connectivity index (χ1n) is 10.7. The van der Waals surface area contributed by atoms with Crippen LogP contribution in [0.1, 0.15) is 11.1 Å². The molecular formula is C26H21N5O2S. The summed E-state index contributed by atoms with van der Waals surface area (Å²) in [6, 6.07) is 22.7. The Morgan fingerprint density at radius 3 is 2.62 bits per heavy atom. The number of amides is 1. The third-order valence-electron chi connectivity index (χ3n) is 5.38. The highest BCUT2D eigenvalue weighted by molar-refractivity contribution is 7.99. The van der Waals surface area contributed by atoms with Gasteiger partial charge in [0.15, 0.2) is 5.16 Å². The van der Waals surface area contributed by atoms with Gasteiger partial charge >= 0.3 is 0 Å². The lowest BCUT2D eigenvalue weighted by molar-refractivity contribution is -0.118. The Labute approximate surface area is 199 Å². The van der Waals surface area contributed by atoms with E-state index in [1.54, 1.807) is 22.9 Å². The lowest BCUT2D eigenvalue weighted by Crippen LogP contribution is -2.24. The van der Waals surface area contributed by atoms with Crippen molar-refractivity contribution in [2.75, 3.05) is 5.75 Å². The van der Waals surface area contributed by atoms with E-state index in [0.29, 0.717) is 21.7 Å². The number of hydrogen-bond acceptors (Lipinski definition) is 5. The van der Waals surface area contributed by atoms with Gasteiger partial charge in [0.1, 0.15) is 0 Å². The molecule has 5 aromatic rings. The molecule has 0 aliphatic rings. The molecule has 0 aliphatic carbocycles. The van der Waals surface area contributed by atoms with E-state index in [1.165, 1.54) is 11.8 Å². The third-order valence-corrected chi connectivity index (χ3v) is 6.32. The summed E-state index contributed by atoms with van der Waals surface area (Å²) in [7, 11) is 0. The van der Waals surface area contributed by atoms with Crippen molar-refractivity contribution in [1.82, 2.24) is 20.0 Å². The number of rotatable bonds is 6. The number of nitrogens with zero attached hydrogens (tertiary/aromatic N) is 3. The summed E-state index contributed by atoms with van der Waals surface area (Å²) < 4.78 is 1.55. The SMILES string of the molecule is Cc1ccc(-n2c(SCC(=O)N/N=C/c3c[nH]c4ccccc34)nc3ccccc3c2=O)cc1. The quantitative estimate of drug-likeness (QED) is 0.167. The Morgan fingerprint density at radius 1 is 1.06 bits per heavy atom. The van der Waals surface area contributed by atoms with Gasteiger partial charge in [0.25, 0.3) is 11.5 Å². The summed E-state index contributed by atoms with van der Waals surface area (Å²) >= 11 is 1.19. The molecule has 0 saturated heterocycles. The summed E-state index contributed by atoms with van der Waals surface area (Å²) in [5.41, 5.74) is 6.65. The van der Waals surface area contributed by atoms with Crippen molar-refractivity contribution < 1.29 is 4.79 Å². The van der Waals surface area contributed by atoms with Crippen molar-refractivity contribution in [2.45, 2.75) is 12.1 Å². The average molecular weight is 468 g/mol. The van der Waals surface area contributed by atoms with Crippen LogP contribution in [0.3, 0.4) is 0 Å². The molecule has 34 heavy (non-hydrogen) atoms. The molecule has 2 N–H and O–H groups in total. The van der Waals surface area contributed by atoms with Crippen LogP contribution in [-0.2, 0) is 4.79 Å². The van der Waals surface area contributed by atoms with Gasteiger partial charge in [-0.3, -0.25) is 14.2 Å². The highest BCUT2D eigenvalue weighted by Gasteiger charge is 2.14. The van der Waals surface area contributed by atoms with Gasteiger partial charge in [-0.25, -0.2) is 10.4 Å². The Hall–Kier alpha value is -4.17. The average Bonchev–Trinajstić information content (AvgIpc) is 3.27. The number of fused-ring (bicyclic) bond motifs is 2. The molecule has 0 radical (unpaired) electrons. The van der Waals surface area contributed by atoms with Crippen LogP contribution in [0.5, 0.6) is 0 Å². The summed E-state index contributed by atoms with van der Waals surface area (Å²) in [6.45, 7) is 1.99. The monoisotopic (exact) mass is 467 g/mol. The smallest absolute Gasteiger partial charge is 0.266 e. The second-order valence-corrected chi connectivity index (χ2v) is 8.70. The number of hydrogen-bond donors (Lipinski definition) is 2. The minimum atomic E-state index is -0.293. The molecule has 0 spiro atoms. The predicted octanol–water partition coefficient (Wildman–Crippen LogP) is 4.42.